The van der Waals surface area contributed by atoms with Gasteiger partial charge in [0.1, 0.15) is 5.82 Å². The zero-order chi connectivity index (χ0) is 18.9. The molecule has 7 heteroatoms. The van der Waals surface area contributed by atoms with Crippen molar-refractivity contribution in [2.45, 2.75) is 19.8 Å². The quantitative estimate of drug-likeness (QED) is 0.572. The first-order valence-corrected chi connectivity index (χ1v) is 8.54. The van der Waals surface area contributed by atoms with Crippen LogP contribution in [-0.2, 0) is 23.9 Å². The lowest BCUT2D eigenvalue weighted by Gasteiger charge is -2.30. The summed E-state index contributed by atoms with van der Waals surface area (Å²) in [6.07, 6.45) is 3.76. The molecule has 1 fully saturated rings. The lowest BCUT2D eigenvalue weighted by Crippen LogP contribution is -2.42. The summed E-state index contributed by atoms with van der Waals surface area (Å²) in [4.78, 5) is 37.0. The van der Waals surface area contributed by atoms with Gasteiger partial charge in [-0.25, -0.2) is 9.18 Å². The Labute approximate surface area is 151 Å². The highest BCUT2D eigenvalue weighted by atomic mass is 19.1. The van der Waals surface area contributed by atoms with Crippen molar-refractivity contribution in [3.05, 3.63) is 41.7 Å². The van der Waals surface area contributed by atoms with E-state index in [9.17, 15) is 18.8 Å². The molecule has 0 aromatic heterocycles. The van der Waals surface area contributed by atoms with Gasteiger partial charge in [-0.05, 0) is 43.5 Å². The van der Waals surface area contributed by atoms with Crippen LogP contribution >= 0.6 is 0 Å². The van der Waals surface area contributed by atoms with Crippen molar-refractivity contribution in [1.82, 2.24) is 4.90 Å². The zero-order valence-electron chi connectivity index (χ0n) is 14.7. The number of carbonyl (C=O) groups excluding carboxylic acids is 3. The van der Waals surface area contributed by atoms with Crippen LogP contribution < -0.4 is 0 Å². The van der Waals surface area contributed by atoms with Gasteiger partial charge in [0, 0.05) is 19.2 Å². The molecule has 1 aromatic carbocycles. The Balaban J connectivity index is 1.72. The predicted octanol–water partition coefficient (Wildman–Crippen LogP) is 2.18. The Morgan fingerprint density at radius 1 is 1.15 bits per heavy atom. The van der Waals surface area contributed by atoms with Gasteiger partial charge in [-0.15, -0.1) is 0 Å². The normalized spacial score (nSPS) is 15.1. The van der Waals surface area contributed by atoms with Crippen LogP contribution in [0.25, 0.3) is 6.08 Å². The van der Waals surface area contributed by atoms with E-state index in [1.165, 1.54) is 36.4 Å². The lowest BCUT2D eigenvalue weighted by atomic mass is 9.97. The van der Waals surface area contributed by atoms with Gasteiger partial charge in [0.05, 0.1) is 12.5 Å². The van der Waals surface area contributed by atoms with Gasteiger partial charge in [-0.2, -0.15) is 0 Å². The molecular weight excluding hydrogens is 341 g/mol. The first-order chi connectivity index (χ1) is 12.5. The molecule has 0 aliphatic carbocycles. The second-order valence-electron chi connectivity index (χ2n) is 5.90. The van der Waals surface area contributed by atoms with Crippen LogP contribution in [0.4, 0.5) is 4.39 Å². The largest absolute Gasteiger partial charge is 0.466 e. The van der Waals surface area contributed by atoms with Crippen LogP contribution in [0.1, 0.15) is 25.3 Å². The third-order valence-electron chi connectivity index (χ3n) is 4.09. The molecule has 140 valence electrons. The molecule has 0 saturated carbocycles. The summed E-state index contributed by atoms with van der Waals surface area (Å²) in [6, 6.07) is 5.62. The van der Waals surface area contributed by atoms with Crippen molar-refractivity contribution >= 4 is 23.9 Å². The Kier molecular flexibility index (Phi) is 7.32. The summed E-state index contributed by atoms with van der Waals surface area (Å²) in [5.41, 5.74) is 0.649. The fourth-order valence-corrected chi connectivity index (χ4v) is 2.64. The number of hydrogen-bond acceptors (Lipinski definition) is 5. The molecular formula is C19H22FNO5. The molecule has 0 radical (unpaired) electrons. The molecule has 1 aromatic rings. The minimum Gasteiger partial charge on any atom is -0.466 e. The number of piperidine rings is 1. The lowest BCUT2D eigenvalue weighted by molar-refractivity contribution is -0.153. The van der Waals surface area contributed by atoms with Gasteiger partial charge in [-0.1, -0.05) is 12.1 Å². The van der Waals surface area contributed by atoms with Crippen molar-refractivity contribution in [3.63, 3.8) is 0 Å². The van der Waals surface area contributed by atoms with Gasteiger partial charge in [0.2, 0.25) is 0 Å². The van der Waals surface area contributed by atoms with E-state index in [0.717, 1.165) is 0 Å². The first-order valence-electron chi connectivity index (χ1n) is 8.54. The van der Waals surface area contributed by atoms with Crippen LogP contribution in [0.5, 0.6) is 0 Å². The molecule has 6 nitrogen and oxygen atoms in total. The van der Waals surface area contributed by atoms with Crippen molar-refractivity contribution in [2.75, 3.05) is 26.3 Å². The van der Waals surface area contributed by atoms with E-state index >= 15 is 0 Å². The van der Waals surface area contributed by atoms with Crippen LogP contribution in [0.15, 0.2) is 30.3 Å². The summed E-state index contributed by atoms with van der Waals surface area (Å²) in [5, 5.41) is 0. The van der Waals surface area contributed by atoms with Crippen LogP contribution in [-0.4, -0.2) is 49.0 Å². The monoisotopic (exact) mass is 363 g/mol. The maximum Gasteiger partial charge on any atom is 0.331 e. The van der Waals surface area contributed by atoms with E-state index in [1.54, 1.807) is 11.8 Å². The fourth-order valence-electron chi connectivity index (χ4n) is 2.64. The molecule has 0 bridgehead atoms. The molecule has 1 aliphatic heterocycles. The second-order valence-corrected chi connectivity index (χ2v) is 5.90. The van der Waals surface area contributed by atoms with E-state index in [4.69, 9.17) is 9.47 Å². The fraction of sp³-hybridized carbons (Fsp3) is 0.421. The molecule has 2 rings (SSSR count). The number of rotatable bonds is 6. The minimum atomic E-state index is -0.649. The standard InChI is InChI=1S/C19H22FNO5/c1-2-25-19(24)15-9-11-21(12-10-15)17(22)13-26-18(23)8-5-14-3-6-16(20)7-4-14/h3-8,15H,2,9-13H2,1H3/b8-5+. The van der Waals surface area contributed by atoms with Crippen LogP contribution in [0.2, 0.25) is 0 Å². The van der Waals surface area contributed by atoms with Crippen molar-refractivity contribution in [2.24, 2.45) is 5.92 Å². The Hall–Kier alpha value is -2.70. The Morgan fingerprint density at radius 2 is 1.81 bits per heavy atom. The van der Waals surface area contributed by atoms with Gasteiger partial charge in [0.25, 0.3) is 5.91 Å². The predicted molar refractivity (Wildman–Crippen MR) is 92.3 cm³/mol. The first kappa shape index (κ1) is 19.6. The second kappa shape index (κ2) is 9.70. The molecule has 0 N–H and O–H groups in total. The minimum absolute atomic E-state index is 0.180. The van der Waals surface area contributed by atoms with Gasteiger partial charge < -0.3 is 14.4 Å². The topological polar surface area (TPSA) is 72.9 Å². The van der Waals surface area contributed by atoms with E-state index < -0.39 is 5.97 Å². The Bertz CT molecular complexity index is 663. The third-order valence-corrected chi connectivity index (χ3v) is 4.09. The van der Waals surface area contributed by atoms with E-state index in [-0.39, 0.29) is 30.2 Å². The molecule has 1 saturated heterocycles. The van der Waals surface area contributed by atoms with Crippen LogP contribution in [0.3, 0.4) is 0 Å². The van der Waals surface area contributed by atoms with Gasteiger partial charge >= 0.3 is 11.9 Å². The average molecular weight is 363 g/mol. The third kappa shape index (κ3) is 5.98. The van der Waals surface area contributed by atoms with Crippen molar-refractivity contribution in [1.29, 1.82) is 0 Å². The summed E-state index contributed by atoms with van der Waals surface area (Å²) < 4.78 is 22.7. The number of nitrogens with zero attached hydrogens (tertiary/aromatic N) is 1. The molecule has 0 spiro atoms. The van der Waals surface area contributed by atoms with E-state index in [0.29, 0.717) is 38.1 Å². The maximum atomic E-state index is 12.8. The van der Waals surface area contributed by atoms with Crippen LogP contribution in [0, 0.1) is 11.7 Å². The molecule has 1 amide bonds. The molecule has 1 aliphatic rings. The van der Waals surface area contributed by atoms with E-state index in [1.807, 2.05) is 0 Å². The summed E-state index contributed by atoms with van der Waals surface area (Å²) >= 11 is 0. The highest BCUT2D eigenvalue weighted by Gasteiger charge is 2.28. The van der Waals surface area contributed by atoms with Crippen molar-refractivity contribution in [3.8, 4) is 0 Å². The summed E-state index contributed by atoms with van der Waals surface area (Å²) in [7, 11) is 0. The number of halogens is 1. The average Bonchev–Trinajstić information content (AvgIpc) is 2.66. The van der Waals surface area contributed by atoms with Gasteiger partial charge in [0.15, 0.2) is 6.61 Å². The van der Waals surface area contributed by atoms with Gasteiger partial charge in [-0.3, -0.25) is 9.59 Å². The number of hydrogen-bond donors (Lipinski definition) is 0. The number of esters is 2. The summed E-state index contributed by atoms with van der Waals surface area (Å²) in [6.45, 7) is 2.63. The smallest absolute Gasteiger partial charge is 0.331 e. The summed E-state index contributed by atoms with van der Waals surface area (Å²) in [5.74, 6) is -1.71. The molecule has 0 unspecified atom stereocenters. The number of carbonyl (C=O) groups is 3. The number of amides is 1. The zero-order valence-corrected chi connectivity index (χ0v) is 14.7. The number of benzene rings is 1. The number of likely N-dealkylation sites (tertiary alicyclic amines) is 1. The SMILES string of the molecule is CCOC(=O)C1CCN(C(=O)COC(=O)/C=C/c2ccc(F)cc2)CC1. The molecule has 1 heterocycles. The molecule has 26 heavy (non-hydrogen) atoms. The van der Waals surface area contributed by atoms with E-state index in [2.05, 4.69) is 0 Å². The molecule has 0 atom stereocenters. The Morgan fingerprint density at radius 3 is 2.42 bits per heavy atom. The number of ether oxygens (including phenoxy) is 2. The maximum absolute atomic E-state index is 12.8. The highest BCUT2D eigenvalue weighted by molar-refractivity contribution is 5.89. The highest BCUT2D eigenvalue weighted by Crippen LogP contribution is 2.18. The van der Waals surface area contributed by atoms with Crippen molar-refractivity contribution < 1.29 is 28.2 Å².